The van der Waals surface area contributed by atoms with Crippen molar-refractivity contribution in [3.63, 3.8) is 0 Å². The summed E-state index contributed by atoms with van der Waals surface area (Å²) in [7, 11) is -0.532. The lowest BCUT2D eigenvalue weighted by Crippen LogP contribution is -2.17. The summed E-state index contributed by atoms with van der Waals surface area (Å²) in [5.74, 6) is 0.329. The van der Waals surface area contributed by atoms with Crippen LogP contribution in [0.4, 0.5) is 5.82 Å². The van der Waals surface area contributed by atoms with Crippen molar-refractivity contribution in [2.75, 3.05) is 26.3 Å². The van der Waals surface area contributed by atoms with Crippen LogP contribution in [0.15, 0.2) is 12.7 Å². The lowest BCUT2D eigenvalue weighted by atomic mass is 10.4. The van der Waals surface area contributed by atoms with Crippen molar-refractivity contribution >= 4 is 24.6 Å². The summed E-state index contributed by atoms with van der Waals surface area (Å²) < 4.78 is 28.8. The molecule has 21 heavy (non-hydrogen) atoms. The first-order valence-electron chi connectivity index (χ1n) is 6.22. The average molecular weight is 315 g/mol. The minimum absolute atomic E-state index is 0.120. The molecule has 2 N–H and O–H groups in total. The lowest BCUT2D eigenvalue weighted by molar-refractivity contribution is 0.0718. The fourth-order valence-corrected chi connectivity index (χ4v) is 2.56. The Morgan fingerprint density at radius 2 is 2.05 bits per heavy atom. The molecule has 2 aromatic rings. The Balaban J connectivity index is 2.03. The van der Waals surface area contributed by atoms with Crippen molar-refractivity contribution in [3.05, 3.63) is 12.7 Å². The molecule has 2 rings (SSSR count). The molecule has 0 aliphatic carbocycles. The minimum atomic E-state index is -3.17. The summed E-state index contributed by atoms with van der Waals surface area (Å²) in [4.78, 5) is 12.2. The highest BCUT2D eigenvalue weighted by atomic mass is 31.2. The Bertz CT molecular complexity index is 653. The van der Waals surface area contributed by atoms with Gasteiger partial charge in [-0.3, -0.25) is 4.57 Å². The first-order chi connectivity index (χ1) is 9.99. The van der Waals surface area contributed by atoms with Crippen LogP contribution in [0.5, 0.6) is 0 Å². The summed E-state index contributed by atoms with van der Waals surface area (Å²) in [6.07, 6.45) is 2.63. The van der Waals surface area contributed by atoms with Crippen molar-refractivity contribution < 1.29 is 18.3 Å². The van der Waals surface area contributed by atoms with E-state index in [2.05, 4.69) is 15.0 Å². The Morgan fingerprint density at radius 3 is 2.71 bits per heavy atom. The summed E-state index contributed by atoms with van der Waals surface area (Å²) in [6, 6.07) is 0. The quantitative estimate of drug-likeness (QED) is 0.759. The number of nitrogens with zero attached hydrogens (tertiary/aromatic N) is 4. The molecule has 0 amide bonds. The van der Waals surface area contributed by atoms with Crippen LogP contribution in [0.1, 0.15) is 6.92 Å². The van der Waals surface area contributed by atoms with E-state index in [1.54, 1.807) is 10.9 Å². The Hall–Kier alpha value is -1.54. The van der Waals surface area contributed by atoms with Crippen molar-refractivity contribution in [3.8, 4) is 0 Å². The zero-order valence-electron chi connectivity index (χ0n) is 12.1. The normalized spacial score (nSPS) is 13.7. The Labute approximate surface area is 122 Å². The average Bonchev–Trinajstić information content (AvgIpc) is 2.89. The van der Waals surface area contributed by atoms with E-state index in [4.69, 9.17) is 19.5 Å². The van der Waals surface area contributed by atoms with Crippen LogP contribution in [-0.4, -0.2) is 46.2 Å². The SMILES string of the molecule is COP(=O)(CO[C@H](C)Cn1cnc2c(N)ncnc21)OC. The van der Waals surface area contributed by atoms with Gasteiger partial charge in [0, 0.05) is 14.2 Å². The molecule has 9 nitrogen and oxygen atoms in total. The zero-order chi connectivity index (χ0) is 15.5. The second-order valence-corrected chi connectivity index (χ2v) is 6.62. The molecule has 10 heteroatoms. The van der Waals surface area contributed by atoms with Gasteiger partial charge in [-0.25, -0.2) is 15.0 Å². The number of aromatic nitrogens is 4. The maximum Gasteiger partial charge on any atom is 0.355 e. The summed E-state index contributed by atoms with van der Waals surface area (Å²) in [5, 5.41) is 0. The third kappa shape index (κ3) is 3.56. The first kappa shape index (κ1) is 15.8. The number of imidazole rings is 1. The molecular weight excluding hydrogens is 297 g/mol. The van der Waals surface area contributed by atoms with Gasteiger partial charge in [0.15, 0.2) is 11.5 Å². The maximum absolute atomic E-state index is 11.9. The molecule has 2 aromatic heterocycles. The van der Waals surface area contributed by atoms with Gasteiger partial charge in [-0.1, -0.05) is 0 Å². The number of hydrogen-bond donors (Lipinski definition) is 1. The van der Waals surface area contributed by atoms with Gasteiger partial charge in [-0.2, -0.15) is 0 Å². The molecule has 0 fully saturated rings. The van der Waals surface area contributed by atoms with Gasteiger partial charge in [-0.05, 0) is 6.92 Å². The monoisotopic (exact) mass is 315 g/mol. The number of nitrogen functional groups attached to an aromatic ring is 1. The van der Waals surface area contributed by atoms with E-state index in [0.717, 1.165) is 0 Å². The van der Waals surface area contributed by atoms with Crippen LogP contribution >= 0.6 is 7.60 Å². The largest absolute Gasteiger partial charge is 0.382 e. The number of anilines is 1. The summed E-state index contributed by atoms with van der Waals surface area (Å²) in [5.41, 5.74) is 6.89. The predicted octanol–water partition coefficient (Wildman–Crippen LogP) is 1.26. The van der Waals surface area contributed by atoms with Crippen LogP contribution < -0.4 is 5.73 Å². The molecule has 0 unspecified atom stereocenters. The van der Waals surface area contributed by atoms with Crippen LogP contribution in [0, 0.1) is 0 Å². The van der Waals surface area contributed by atoms with Crippen LogP contribution in [0.3, 0.4) is 0 Å². The maximum atomic E-state index is 11.9. The summed E-state index contributed by atoms with van der Waals surface area (Å²) in [6.45, 7) is 2.31. The number of nitrogens with two attached hydrogens (primary N) is 1. The van der Waals surface area contributed by atoms with E-state index in [1.165, 1.54) is 20.5 Å². The van der Waals surface area contributed by atoms with Gasteiger partial charge in [0.2, 0.25) is 0 Å². The summed E-state index contributed by atoms with van der Waals surface area (Å²) >= 11 is 0. The fraction of sp³-hybridized carbons (Fsp3) is 0.545. The molecule has 0 bridgehead atoms. The number of ether oxygens (including phenoxy) is 1. The van der Waals surface area contributed by atoms with Gasteiger partial charge < -0.3 is 24.1 Å². The highest BCUT2D eigenvalue weighted by Gasteiger charge is 2.23. The fourth-order valence-electron chi connectivity index (χ4n) is 1.76. The highest BCUT2D eigenvalue weighted by Crippen LogP contribution is 2.46. The van der Waals surface area contributed by atoms with E-state index in [9.17, 15) is 4.57 Å². The standard InChI is InChI=1S/C11H18N5O4P/c1-8(20-7-21(17,18-2)19-3)4-16-6-15-9-10(12)13-5-14-11(9)16/h5-6,8H,4,7H2,1-3H3,(H2,12,13,14)/t8-/m1/s1. The van der Waals surface area contributed by atoms with Gasteiger partial charge >= 0.3 is 7.60 Å². The Kier molecular flexibility index (Phi) is 4.89. The predicted molar refractivity (Wildman–Crippen MR) is 76.8 cm³/mol. The van der Waals surface area contributed by atoms with E-state index in [1.807, 2.05) is 6.92 Å². The molecule has 0 aromatic carbocycles. The van der Waals surface area contributed by atoms with Crippen molar-refractivity contribution in [2.45, 2.75) is 19.6 Å². The number of rotatable bonds is 7. The molecule has 0 saturated heterocycles. The van der Waals surface area contributed by atoms with Gasteiger partial charge in [0.1, 0.15) is 18.2 Å². The van der Waals surface area contributed by atoms with Crippen LogP contribution in [0.2, 0.25) is 0 Å². The van der Waals surface area contributed by atoms with Gasteiger partial charge in [0.05, 0.1) is 19.0 Å². The van der Waals surface area contributed by atoms with Gasteiger partial charge in [0.25, 0.3) is 0 Å². The van der Waals surface area contributed by atoms with E-state index < -0.39 is 7.60 Å². The third-order valence-electron chi connectivity index (χ3n) is 2.96. The molecule has 2 heterocycles. The molecule has 0 spiro atoms. The lowest BCUT2D eigenvalue weighted by Gasteiger charge is -2.18. The second kappa shape index (κ2) is 6.48. The van der Waals surface area contributed by atoms with Crippen LogP contribution in [0.25, 0.3) is 11.2 Å². The van der Waals surface area contributed by atoms with E-state index >= 15 is 0 Å². The molecular formula is C11H18N5O4P. The zero-order valence-corrected chi connectivity index (χ0v) is 13.0. The van der Waals surface area contributed by atoms with E-state index in [0.29, 0.717) is 23.5 Å². The Morgan fingerprint density at radius 1 is 1.33 bits per heavy atom. The highest BCUT2D eigenvalue weighted by molar-refractivity contribution is 7.53. The number of fused-ring (bicyclic) bond motifs is 1. The topological polar surface area (TPSA) is 114 Å². The minimum Gasteiger partial charge on any atom is -0.382 e. The van der Waals surface area contributed by atoms with Crippen molar-refractivity contribution in [2.24, 2.45) is 0 Å². The van der Waals surface area contributed by atoms with Gasteiger partial charge in [-0.15, -0.1) is 0 Å². The second-order valence-electron chi connectivity index (χ2n) is 4.41. The number of hydrogen-bond acceptors (Lipinski definition) is 8. The molecule has 1 atom stereocenters. The molecule has 0 aliphatic heterocycles. The molecule has 116 valence electrons. The third-order valence-corrected chi connectivity index (χ3v) is 4.53. The molecule has 0 aliphatic rings. The van der Waals surface area contributed by atoms with E-state index in [-0.39, 0.29) is 12.5 Å². The molecule has 0 saturated carbocycles. The molecule has 0 radical (unpaired) electrons. The van der Waals surface area contributed by atoms with Crippen molar-refractivity contribution in [1.82, 2.24) is 19.5 Å². The first-order valence-corrected chi connectivity index (χ1v) is 7.95. The smallest absolute Gasteiger partial charge is 0.355 e. The van der Waals surface area contributed by atoms with Crippen LogP contribution in [-0.2, 0) is 24.9 Å². The van der Waals surface area contributed by atoms with Crippen molar-refractivity contribution in [1.29, 1.82) is 0 Å².